The summed E-state index contributed by atoms with van der Waals surface area (Å²) in [6.45, 7) is 4.29. The highest BCUT2D eigenvalue weighted by molar-refractivity contribution is 5.85. The Morgan fingerprint density at radius 1 is 1.29 bits per heavy atom. The third-order valence-electron chi connectivity index (χ3n) is 2.64. The van der Waals surface area contributed by atoms with Crippen molar-refractivity contribution in [3.05, 3.63) is 0 Å². The smallest absolute Gasteiger partial charge is 0.303 e. The molecule has 4 N–H and O–H groups in total. The van der Waals surface area contributed by atoms with Crippen LogP contribution in [0, 0.1) is 0 Å². The molecule has 0 heterocycles. The highest BCUT2D eigenvalue weighted by Gasteiger charge is 2.26. The van der Waals surface area contributed by atoms with Crippen LogP contribution in [0.15, 0.2) is 0 Å². The van der Waals surface area contributed by atoms with Crippen molar-refractivity contribution < 1.29 is 14.7 Å². The Kier molecular flexibility index (Phi) is 7.54. The molecule has 0 aromatic heterocycles. The van der Waals surface area contributed by atoms with Gasteiger partial charge in [0.15, 0.2) is 0 Å². The van der Waals surface area contributed by atoms with Gasteiger partial charge in [-0.1, -0.05) is 19.8 Å². The third kappa shape index (κ3) is 7.74. The molecule has 0 saturated heterocycles. The van der Waals surface area contributed by atoms with Gasteiger partial charge in [-0.3, -0.25) is 9.59 Å². The van der Waals surface area contributed by atoms with Gasteiger partial charge in [-0.25, -0.2) is 0 Å². The predicted molar refractivity (Wildman–Crippen MR) is 66.6 cm³/mol. The molecule has 1 amide bonds. The number of carboxylic acids is 1. The molecule has 0 saturated carbocycles. The van der Waals surface area contributed by atoms with Gasteiger partial charge in [0, 0.05) is 13.0 Å². The summed E-state index contributed by atoms with van der Waals surface area (Å²) >= 11 is 0. The van der Waals surface area contributed by atoms with Crippen molar-refractivity contribution in [2.45, 2.75) is 57.9 Å². The summed E-state index contributed by atoms with van der Waals surface area (Å²) in [5.74, 6) is -0.899. The number of hydrogen-bond acceptors (Lipinski definition) is 3. The second-order valence-electron chi connectivity index (χ2n) is 4.63. The molecule has 100 valence electrons. The molecule has 5 nitrogen and oxygen atoms in total. The maximum atomic E-state index is 11.7. The number of amides is 1. The fraction of sp³-hybridized carbons (Fsp3) is 0.833. The molecule has 0 aliphatic rings. The molecule has 0 aromatic carbocycles. The van der Waals surface area contributed by atoms with E-state index in [2.05, 4.69) is 5.32 Å². The summed E-state index contributed by atoms with van der Waals surface area (Å²) in [5, 5.41) is 11.2. The summed E-state index contributed by atoms with van der Waals surface area (Å²) in [4.78, 5) is 21.9. The van der Waals surface area contributed by atoms with Crippen LogP contribution in [0.5, 0.6) is 0 Å². The molecular weight excluding hydrogens is 220 g/mol. The first-order chi connectivity index (χ1) is 7.90. The van der Waals surface area contributed by atoms with Crippen LogP contribution in [-0.2, 0) is 9.59 Å². The number of hydrogen-bond donors (Lipinski definition) is 3. The normalized spacial score (nSPS) is 14.1. The molecule has 1 unspecified atom stereocenters. The van der Waals surface area contributed by atoms with E-state index in [1.165, 1.54) is 0 Å². The second kappa shape index (κ2) is 8.06. The van der Waals surface area contributed by atoms with E-state index >= 15 is 0 Å². The van der Waals surface area contributed by atoms with Crippen molar-refractivity contribution in [2.24, 2.45) is 5.73 Å². The molecule has 0 aliphatic carbocycles. The first kappa shape index (κ1) is 15.9. The lowest BCUT2D eigenvalue weighted by atomic mass is 9.96. The zero-order valence-electron chi connectivity index (χ0n) is 10.8. The summed E-state index contributed by atoms with van der Waals surface area (Å²) in [7, 11) is 0. The minimum absolute atomic E-state index is 0.127. The number of rotatable bonds is 9. The van der Waals surface area contributed by atoms with Crippen LogP contribution < -0.4 is 11.1 Å². The molecule has 17 heavy (non-hydrogen) atoms. The molecule has 5 heteroatoms. The molecular formula is C12H24N2O3. The summed E-state index contributed by atoms with van der Waals surface area (Å²) in [6, 6.07) is 0. The monoisotopic (exact) mass is 244 g/mol. The highest BCUT2D eigenvalue weighted by Crippen LogP contribution is 2.08. The van der Waals surface area contributed by atoms with Crippen molar-refractivity contribution >= 4 is 11.9 Å². The van der Waals surface area contributed by atoms with Crippen LogP contribution in [0.1, 0.15) is 52.4 Å². The standard InChI is InChI=1S/C12H24N2O3/c1-3-8-12(2,13)11(17)14-9-6-4-5-7-10(15)16/h3-9,13H2,1-2H3,(H,14,17)(H,15,16). The summed E-state index contributed by atoms with van der Waals surface area (Å²) in [6.07, 6.45) is 3.98. The van der Waals surface area contributed by atoms with Gasteiger partial charge in [0.1, 0.15) is 0 Å². The van der Waals surface area contributed by atoms with Gasteiger partial charge in [-0.15, -0.1) is 0 Å². The lowest BCUT2D eigenvalue weighted by molar-refractivity contribution is -0.137. The highest BCUT2D eigenvalue weighted by atomic mass is 16.4. The van der Waals surface area contributed by atoms with Gasteiger partial charge in [-0.2, -0.15) is 0 Å². The minimum atomic E-state index is -0.796. The zero-order chi connectivity index (χ0) is 13.3. The van der Waals surface area contributed by atoms with E-state index in [1.54, 1.807) is 6.92 Å². The van der Waals surface area contributed by atoms with Crippen molar-refractivity contribution in [1.29, 1.82) is 0 Å². The lowest BCUT2D eigenvalue weighted by Crippen LogP contribution is -2.51. The predicted octanol–water partition coefficient (Wildman–Crippen LogP) is 1.27. The van der Waals surface area contributed by atoms with Crippen LogP contribution in [0.4, 0.5) is 0 Å². The van der Waals surface area contributed by atoms with Gasteiger partial charge in [0.2, 0.25) is 5.91 Å². The molecule has 0 bridgehead atoms. The van der Waals surface area contributed by atoms with Crippen LogP contribution in [0.3, 0.4) is 0 Å². The fourth-order valence-corrected chi connectivity index (χ4v) is 1.61. The van der Waals surface area contributed by atoms with E-state index in [9.17, 15) is 9.59 Å². The SMILES string of the molecule is CCCC(C)(N)C(=O)NCCCCCC(=O)O. The van der Waals surface area contributed by atoms with E-state index < -0.39 is 11.5 Å². The van der Waals surface area contributed by atoms with Crippen molar-refractivity contribution in [2.75, 3.05) is 6.54 Å². The van der Waals surface area contributed by atoms with Crippen molar-refractivity contribution in [1.82, 2.24) is 5.32 Å². The van der Waals surface area contributed by atoms with E-state index in [1.807, 2.05) is 6.92 Å². The van der Waals surface area contributed by atoms with E-state index in [0.717, 1.165) is 19.3 Å². The number of aliphatic carboxylic acids is 1. The zero-order valence-corrected chi connectivity index (χ0v) is 10.8. The van der Waals surface area contributed by atoms with Crippen LogP contribution in [0.25, 0.3) is 0 Å². The Bertz CT molecular complexity index is 252. The first-order valence-corrected chi connectivity index (χ1v) is 6.19. The average molecular weight is 244 g/mol. The second-order valence-corrected chi connectivity index (χ2v) is 4.63. The van der Waals surface area contributed by atoms with Crippen molar-refractivity contribution in [3.8, 4) is 0 Å². The minimum Gasteiger partial charge on any atom is -0.481 e. The number of carbonyl (C=O) groups is 2. The number of carbonyl (C=O) groups excluding carboxylic acids is 1. The van der Waals surface area contributed by atoms with E-state index in [0.29, 0.717) is 19.4 Å². The topological polar surface area (TPSA) is 92.4 Å². The van der Waals surface area contributed by atoms with Gasteiger partial charge in [-0.05, 0) is 26.2 Å². The van der Waals surface area contributed by atoms with Gasteiger partial charge < -0.3 is 16.2 Å². The van der Waals surface area contributed by atoms with Crippen LogP contribution >= 0.6 is 0 Å². The number of nitrogens with one attached hydrogen (secondary N) is 1. The summed E-state index contributed by atoms with van der Waals surface area (Å²) in [5.41, 5.74) is 5.07. The van der Waals surface area contributed by atoms with Gasteiger partial charge in [0.25, 0.3) is 0 Å². The largest absolute Gasteiger partial charge is 0.481 e. The molecule has 0 aromatic rings. The molecule has 0 rings (SSSR count). The molecule has 0 radical (unpaired) electrons. The Balaban J connectivity index is 3.61. The Morgan fingerprint density at radius 3 is 2.47 bits per heavy atom. The average Bonchev–Trinajstić information content (AvgIpc) is 2.22. The lowest BCUT2D eigenvalue weighted by Gasteiger charge is -2.22. The molecule has 0 fully saturated rings. The third-order valence-corrected chi connectivity index (χ3v) is 2.64. The number of unbranched alkanes of at least 4 members (excludes halogenated alkanes) is 2. The Labute approximate surface area is 103 Å². The van der Waals surface area contributed by atoms with E-state index in [4.69, 9.17) is 10.8 Å². The molecule has 1 atom stereocenters. The van der Waals surface area contributed by atoms with Crippen molar-refractivity contribution in [3.63, 3.8) is 0 Å². The maximum absolute atomic E-state index is 11.7. The molecule has 0 spiro atoms. The van der Waals surface area contributed by atoms with Gasteiger partial charge in [0.05, 0.1) is 5.54 Å². The maximum Gasteiger partial charge on any atom is 0.303 e. The van der Waals surface area contributed by atoms with Crippen LogP contribution in [0.2, 0.25) is 0 Å². The Morgan fingerprint density at radius 2 is 1.94 bits per heavy atom. The van der Waals surface area contributed by atoms with Gasteiger partial charge >= 0.3 is 5.97 Å². The molecule has 0 aliphatic heterocycles. The fourth-order valence-electron chi connectivity index (χ4n) is 1.61. The number of carboxylic acid groups (broad SMARTS) is 1. The number of nitrogens with two attached hydrogens (primary N) is 1. The van der Waals surface area contributed by atoms with Crippen LogP contribution in [-0.4, -0.2) is 29.1 Å². The Hall–Kier alpha value is -1.10. The van der Waals surface area contributed by atoms with E-state index in [-0.39, 0.29) is 12.3 Å². The summed E-state index contributed by atoms with van der Waals surface area (Å²) < 4.78 is 0. The quantitative estimate of drug-likeness (QED) is 0.532. The first-order valence-electron chi connectivity index (χ1n) is 6.19.